The molecule has 0 bridgehead atoms. The van der Waals surface area contributed by atoms with Crippen LogP contribution in [0, 0.1) is 0 Å². The molecule has 0 aliphatic rings. The van der Waals surface area contributed by atoms with Gasteiger partial charge in [0.2, 0.25) is 0 Å². The molecule has 0 aliphatic carbocycles. The Kier molecular flexibility index (Phi) is 17.0. The molecule has 2 radical (unpaired) electrons. The molecule has 6 rings (SSSR count). The average Bonchev–Trinajstić information content (AvgIpc) is 3.73. The Morgan fingerprint density at radius 3 is 1.16 bits per heavy atom. The first-order valence-corrected chi connectivity index (χ1v) is 26.3. The van der Waals surface area contributed by atoms with E-state index in [4.69, 9.17) is 17.0 Å². The van der Waals surface area contributed by atoms with Gasteiger partial charge in [0.15, 0.2) is 0 Å². The summed E-state index contributed by atoms with van der Waals surface area (Å²) in [4.78, 5) is 0. The predicted molar refractivity (Wildman–Crippen MR) is 225 cm³/mol. The van der Waals surface area contributed by atoms with Crippen LogP contribution in [0.5, 0.6) is 0 Å². The number of hydrogen-bond donors (Lipinski definition) is 0. The Balaban J connectivity index is 0.000000234. The molecule has 6 aromatic carbocycles. The van der Waals surface area contributed by atoms with Crippen molar-refractivity contribution in [2.24, 2.45) is 0 Å². The molecule has 0 nitrogen and oxygen atoms in total. The van der Waals surface area contributed by atoms with Crippen molar-refractivity contribution < 1.29 is 20.8 Å². The normalized spacial score (nSPS) is 11.1. The van der Waals surface area contributed by atoms with Gasteiger partial charge in [0.1, 0.15) is 0 Å². The third kappa shape index (κ3) is 11.4. The van der Waals surface area contributed by atoms with Gasteiger partial charge in [-0.1, -0.05) is 164 Å². The summed E-state index contributed by atoms with van der Waals surface area (Å²) < 4.78 is 0. The molecule has 0 aliphatic heterocycles. The molecular weight excluding hydrogens is 743 g/mol. The van der Waals surface area contributed by atoms with E-state index in [9.17, 15) is 0 Å². The van der Waals surface area contributed by atoms with Gasteiger partial charge in [0.05, 0.1) is 0 Å². The summed E-state index contributed by atoms with van der Waals surface area (Å²) in [7, 11) is 11.0. The molecule has 50 heavy (non-hydrogen) atoms. The van der Waals surface area contributed by atoms with Crippen molar-refractivity contribution in [2.75, 3.05) is 0 Å². The van der Waals surface area contributed by atoms with Crippen molar-refractivity contribution >= 4 is 48.1 Å². The van der Waals surface area contributed by atoms with E-state index < -0.39 is 20.8 Å². The second-order valence-corrected chi connectivity index (χ2v) is 19.7. The van der Waals surface area contributed by atoms with Crippen LogP contribution in [0.25, 0.3) is 43.8 Å². The summed E-state index contributed by atoms with van der Waals surface area (Å²) in [6, 6.07) is 40.4. The molecule has 0 N–H and O–H groups in total. The molecule has 0 heterocycles. The molecule has 0 atom stereocenters. The summed E-state index contributed by atoms with van der Waals surface area (Å²) >= 11 is -0.826. The van der Waals surface area contributed by atoms with Crippen LogP contribution in [0.1, 0.15) is 90.5 Å². The third-order valence-corrected chi connectivity index (χ3v) is 8.85. The fraction of sp³-hybridized carbons (Fsp3) is 0.348. The predicted octanol–water partition coefficient (Wildman–Crippen LogP) is 15.1. The summed E-state index contributed by atoms with van der Waals surface area (Å²) in [6.45, 7) is 22.5. The Morgan fingerprint density at radius 1 is 0.560 bits per heavy atom. The molecule has 4 heteroatoms. The van der Waals surface area contributed by atoms with Gasteiger partial charge in [-0.2, -0.15) is 12.1 Å². The first kappa shape index (κ1) is 42.2. The topological polar surface area (TPSA) is 0 Å². The second kappa shape index (κ2) is 20.1. The molecule has 0 amide bonds. The monoisotopic (exact) mass is 796 g/mol. The van der Waals surface area contributed by atoms with Crippen molar-refractivity contribution in [3.63, 3.8) is 0 Å². The van der Waals surface area contributed by atoms with Gasteiger partial charge in [-0.3, -0.25) is 0 Å². The van der Waals surface area contributed by atoms with E-state index in [1.165, 1.54) is 78.9 Å². The standard InChI is InChI=1S/2C22H25.C2H6Si.2ClH.Zr/c2*1-5-9-16-12-13-18-14-19(22(2,3)4)15-20(18)21(16)17-10-7-6-8-11-17;1-3-2;;;/h2*6-8,10-15H,5,9H2,1-4H3;1-2H3;2*1H;/q2*-1;;;;+4/p-2. The van der Waals surface area contributed by atoms with Crippen LogP contribution in [-0.4, -0.2) is 9.52 Å². The maximum atomic E-state index is 4.93. The maximum absolute atomic E-state index is 4.93. The summed E-state index contributed by atoms with van der Waals surface area (Å²) in [6.07, 6.45) is 4.63. The van der Waals surface area contributed by atoms with E-state index in [0.717, 1.165) is 22.4 Å². The van der Waals surface area contributed by atoms with Crippen molar-refractivity contribution in [1.82, 2.24) is 0 Å². The number of fused-ring (bicyclic) bond motifs is 2. The van der Waals surface area contributed by atoms with E-state index >= 15 is 0 Å². The fourth-order valence-corrected chi connectivity index (χ4v) is 6.37. The fourth-order valence-electron chi connectivity index (χ4n) is 6.37. The quantitative estimate of drug-likeness (QED) is 0.116. The number of hydrogen-bond acceptors (Lipinski definition) is 0. The number of benzene rings is 4. The number of aryl methyl sites for hydroxylation is 2. The van der Waals surface area contributed by atoms with E-state index in [2.05, 4.69) is 178 Å². The SMILES string of the molecule is CCCc1ccc2[cH-]c(C(C)(C)C)cc2c1-c1ccccc1.CCCc1ccc2[cH-]c(C(C)(C)C)cc2c1-c1ccccc1.C[Si]C.[Cl][Zr+2][Cl]. The van der Waals surface area contributed by atoms with E-state index in [1.54, 1.807) is 0 Å². The number of rotatable bonds is 6. The Morgan fingerprint density at radius 2 is 0.880 bits per heavy atom. The van der Waals surface area contributed by atoms with Gasteiger partial charge in [-0.25, -0.2) is 0 Å². The van der Waals surface area contributed by atoms with Gasteiger partial charge in [0, 0.05) is 9.52 Å². The average molecular weight is 799 g/mol. The zero-order valence-corrected chi connectivity index (χ0v) is 36.9. The minimum atomic E-state index is -0.826. The minimum absolute atomic E-state index is 0.192. The van der Waals surface area contributed by atoms with Gasteiger partial charge >= 0.3 is 37.9 Å². The van der Waals surface area contributed by atoms with Crippen LogP contribution in [-0.2, 0) is 44.5 Å². The van der Waals surface area contributed by atoms with Crippen LogP contribution in [0.15, 0.2) is 109 Å². The summed E-state index contributed by atoms with van der Waals surface area (Å²) in [5, 5.41) is 5.54. The van der Waals surface area contributed by atoms with Crippen molar-refractivity contribution in [3.8, 4) is 22.3 Å². The molecule has 0 unspecified atom stereocenters. The zero-order valence-electron chi connectivity index (χ0n) is 32.0. The Hall–Kier alpha value is -2.22. The van der Waals surface area contributed by atoms with Crippen LogP contribution >= 0.6 is 17.0 Å². The van der Waals surface area contributed by atoms with Crippen molar-refractivity contribution in [2.45, 2.75) is 105 Å². The Bertz CT molecular complexity index is 1730. The zero-order chi connectivity index (χ0) is 36.9. The Labute approximate surface area is 325 Å². The van der Waals surface area contributed by atoms with Gasteiger partial charge in [0.25, 0.3) is 0 Å². The molecule has 0 saturated carbocycles. The molecule has 0 fully saturated rings. The first-order valence-electron chi connectivity index (χ1n) is 18.0. The molecular formula is C46H56Cl2SiZr. The summed E-state index contributed by atoms with van der Waals surface area (Å²) in [5.41, 5.74) is 11.7. The van der Waals surface area contributed by atoms with Crippen molar-refractivity contribution in [3.05, 3.63) is 131 Å². The van der Waals surface area contributed by atoms with Crippen LogP contribution < -0.4 is 0 Å². The molecule has 0 aromatic heterocycles. The van der Waals surface area contributed by atoms with Crippen LogP contribution in [0.4, 0.5) is 0 Å². The summed E-state index contributed by atoms with van der Waals surface area (Å²) in [5.74, 6) is 0. The second-order valence-electron chi connectivity index (χ2n) is 15.0. The van der Waals surface area contributed by atoms with E-state index in [-0.39, 0.29) is 10.8 Å². The molecule has 0 saturated heterocycles. The van der Waals surface area contributed by atoms with E-state index in [0.29, 0.717) is 0 Å². The van der Waals surface area contributed by atoms with E-state index in [1.807, 2.05) is 0 Å². The number of halogens is 2. The van der Waals surface area contributed by atoms with Crippen LogP contribution in [0.3, 0.4) is 0 Å². The molecule has 0 spiro atoms. The van der Waals surface area contributed by atoms with Gasteiger partial charge in [-0.15, -0.1) is 69.1 Å². The first-order chi connectivity index (χ1) is 23.8. The molecule has 262 valence electrons. The van der Waals surface area contributed by atoms with Crippen LogP contribution in [0.2, 0.25) is 13.1 Å². The van der Waals surface area contributed by atoms with Gasteiger partial charge in [-0.05, 0) is 34.8 Å². The van der Waals surface area contributed by atoms with Gasteiger partial charge < -0.3 is 0 Å². The van der Waals surface area contributed by atoms with Crippen molar-refractivity contribution in [1.29, 1.82) is 0 Å². The molecule has 6 aromatic rings. The third-order valence-electron chi connectivity index (χ3n) is 8.85.